The van der Waals surface area contributed by atoms with Crippen molar-refractivity contribution < 1.29 is 28.2 Å². The molecule has 1 aromatic carbocycles. The number of benzene rings is 1. The largest absolute Gasteiger partial charge is 0.494 e. The summed E-state index contributed by atoms with van der Waals surface area (Å²) in [6.07, 6.45) is 8.86. The fourth-order valence-electron chi connectivity index (χ4n) is 2.81. The van der Waals surface area contributed by atoms with Crippen molar-refractivity contribution in [2.75, 3.05) is 13.2 Å². The van der Waals surface area contributed by atoms with Gasteiger partial charge in [-0.2, -0.15) is 0 Å². The van der Waals surface area contributed by atoms with E-state index in [2.05, 4.69) is 0 Å². The SMILES string of the molecule is O=C(O)CCCOc1c(F)cc(C2C=C(OCC3CC3)C=CC2)cc1F. The molecule has 0 radical (unpaired) electrons. The van der Waals surface area contributed by atoms with Crippen molar-refractivity contribution in [1.82, 2.24) is 0 Å². The standard InChI is InChI=1S/C20H22F2O4/c21-17-10-15(11-18(22)20(17)25-8-2-5-19(23)24)14-3-1-4-16(9-14)26-12-13-6-7-13/h1,4,9-11,13-14H,2-3,5-8,12H2,(H,23,24). The van der Waals surface area contributed by atoms with Crippen molar-refractivity contribution in [2.45, 2.75) is 38.0 Å². The number of rotatable bonds is 9. The molecule has 0 heterocycles. The van der Waals surface area contributed by atoms with Crippen molar-refractivity contribution in [3.8, 4) is 5.75 Å². The van der Waals surface area contributed by atoms with Crippen molar-refractivity contribution in [3.63, 3.8) is 0 Å². The molecule has 6 heteroatoms. The van der Waals surface area contributed by atoms with Crippen LogP contribution in [0.1, 0.15) is 43.6 Å². The summed E-state index contributed by atoms with van der Waals surface area (Å²) in [4.78, 5) is 10.5. The lowest BCUT2D eigenvalue weighted by Gasteiger charge is -2.19. The summed E-state index contributed by atoms with van der Waals surface area (Å²) in [6.45, 7) is 0.638. The van der Waals surface area contributed by atoms with Crippen LogP contribution in [0.15, 0.2) is 36.1 Å². The second-order valence-electron chi connectivity index (χ2n) is 6.73. The Kier molecular flexibility index (Phi) is 5.91. The Bertz CT molecular complexity index is 700. The van der Waals surface area contributed by atoms with E-state index in [1.165, 1.54) is 25.0 Å². The Morgan fingerprint density at radius 3 is 2.58 bits per heavy atom. The molecule has 26 heavy (non-hydrogen) atoms. The third-order valence-corrected chi connectivity index (χ3v) is 4.45. The molecular formula is C20H22F2O4. The highest BCUT2D eigenvalue weighted by Crippen LogP contribution is 2.34. The molecule has 2 aliphatic rings. The molecule has 0 saturated heterocycles. The van der Waals surface area contributed by atoms with E-state index in [9.17, 15) is 13.6 Å². The zero-order chi connectivity index (χ0) is 18.5. The van der Waals surface area contributed by atoms with Gasteiger partial charge in [0.05, 0.1) is 13.2 Å². The molecule has 0 amide bonds. The number of halogens is 2. The predicted octanol–water partition coefficient (Wildman–Crippen LogP) is 4.56. The number of carboxylic acids is 1. The number of carbonyl (C=O) groups is 1. The summed E-state index contributed by atoms with van der Waals surface area (Å²) in [7, 11) is 0. The number of allylic oxidation sites excluding steroid dienone is 3. The Hall–Kier alpha value is -2.37. The maximum Gasteiger partial charge on any atom is 0.303 e. The van der Waals surface area contributed by atoms with Crippen LogP contribution in [-0.2, 0) is 9.53 Å². The normalized spacial score (nSPS) is 19.2. The van der Waals surface area contributed by atoms with Gasteiger partial charge in [-0.1, -0.05) is 6.08 Å². The summed E-state index contributed by atoms with van der Waals surface area (Å²) >= 11 is 0. The molecule has 1 N–H and O–H groups in total. The fourth-order valence-corrected chi connectivity index (χ4v) is 2.81. The summed E-state index contributed by atoms with van der Waals surface area (Å²) in [6, 6.07) is 2.54. The quantitative estimate of drug-likeness (QED) is 0.653. The summed E-state index contributed by atoms with van der Waals surface area (Å²) in [5.41, 5.74) is 0.523. The van der Waals surface area contributed by atoms with Crippen LogP contribution in [0.25, 0.3) is 0 Å². The molecule has 0 bridgehead atoms. The van der Waals surface area contributed by atoms with Crippen LogP contribution in [-0.4, -0.2) is 24.3 Å². The molecule has 0 spiro atoms. The number of ether oxygens (including phenoxy) is 2. The van der Waals surface area contributed by atoms with Gasteiger partial charge in [-0.15, -0.1) is 0 Å². The summed E-state index contributed by atoms with van der Waals surface area (Å²) in [5.74, 6) is -1.77. The molecule has 1 fully saturated rings. The third kappa shape index (κ3) is 5.07. The van der Waals surface area contributed by atoms with Crippen LogP contribution in [0.3, 0.4) is 0 Å². The average molecular weight is 364 g/mol. The molecule has 0 aliphatic heterocycles. The minimum absolute atomic E-state index is 0.0509. The Morgan fingerprint density at radius 1 is 1.19 bits per heavy atom. The maximum absolute atomic E-state index is 14.3. The van der Waals surface area contributed by atoms with E-state index < -0.39 is 23.4 Å². The molecular weight excluding hydrogens is 342 g/mol. The summed E-state index contributed by atoms with van der Waals surface area (Å²) < 4.78 is 39.3. The van der Waals surface area contributed by atoms with Gasteiger partial charge in [-0.3, -0.25) is 4.79 Å². The smallest absolute Gasteiger partial charge is 0.303 e. The predicted molar refractivity (Wildman–Crippen MR) is 92.0 cm³/mol. The Morgan fingerprint density at radius 2 is 1.92 bits per heavy atom. The van der Waals surface area contributed by atoms with Crippen molar-refractivity contribution >= 4 is 5.97 Å². The van der Waals surface area contributed by atoms with Gasteiger partial charge >= 0.3 is 5.97 Å². The topological polar surface area (TPSA) is 55.8 Å². The number of carboxylic acid groups (broad SMARTS) is 1. The van der Waals surface area contributed by atoms with Gasteiger partial charge in [0.1, 0.15) is 5.76 Å². The number of hydrogen-bond acceptors (Lipinski definition) is 3. The molecule has 2 aliphatic carbocycles. The molecule has 3 rings (SSSR count). The highest BCUT2D eigenvalue weighted by molar-refractivity contribution is 5.66. The van der Waals surface area contributed by atoms with Crippen LogP contribution >= 0.6 is 0 Å². The second-order valence-corrected chi connectivity index (χ2v) is 6.73. The highest BCUT2D eigenvalue weighted by atomic mass is 19.1. The van der Waals surface area contributed by atoms with Crippen LogP contribution in [0.5, 0.6) is 5.75 Å². The Balaban J connectivity index is 1.64. The third-order valence-electron chi connectivity index (χ3n) is 4.45. The van der Waals surface area contributed by atoms with Crippen molar-refractivity contribution in [2.24, 2.45) is 5.92 Å². The van der Waals surface area contributed by atoms with Gasteiger partial charge in [0, 0.05) is 12.3 Å². The van der Waals surface area contributed by atoms with Crippen molar-refractivity contribution in [1.29, 1.82) is 0 Å². The zero-order valence-electron chi connectivity index (χ0n) is 14.4. The first kappa shape index (κ1) is 18.4. The van der Waals surface area contributed by atoms with Crippen LogP contribution in [0.4, 0.5) is 8.78 Å². The maximum atomic E-state index is 14.3. The minimum Gasteiger partial charge on any atom is -0.494 e. The molecule has 4 nitrogen and oxygen atoms in total. The van der Waals surface area contributed by atoms with Gasteiger partial charge in [-0.25, -0.2) is 8.78 Å². The molecule has 1 unspecified atom stereocenters. The van der Waals surface area contributed by atoms with E-state index >= 15 is 0 Å². The highest BCUT2D eigenvalue weighted by Gasteiger charge is 2.23. The molecule has 140 valence electrons. The first-order valence-electron chi connectivity index (χ1n) is 8.87. The number of aliphatic carboxylic acids is 1. The van der Waals surface area contributed by atoms with Gasteiger partial charge in [-0.05, 0) is 61.4 Å². The zero-order valence-corrected chi connectivity index (χ0v) is 14.4. The van der Waals surface area contributed by atoms with Crippen LogP contribution < -0.4 is 4.74 Å². The van der Waals surface area contributed by atoms with Gasteiger partial charge in [0.25, 0.3) is 0 Å². The van der Waals surface area contributed by atoms with Crippen LogP contribution in [0.2, 0.25) is 0 Å². The lowest BCUT2D eigenvalue weighted by molar-refractivity contribution is -0.137. The monoisotopic (exact) mass is 364 g/mol. The van der Waals surface area contributed by atoms with E-state index in [0.29, 0.717) is 24.5 Å². The van der Waals surface area contributed by atoms with Gasteiger partial charge in [0.15, 0.2) is 17.4 Å². The lowest BCUT2D eigenvalue weighted by atomic mass is 9.91. The first-order chi connectivity index (χ1) is 12.5. The van der Waals surface area contributed by atoms with E-state index in [1.54, 1.807) is 0 Å². The van der Waals surface area contributed by atoms with E-state index in [1.807, 2.05) is 18.2 Å². The van der Waals surface area contributed by atoms with E-state index in [4.69, 9.17) is 14.6 Å². The Labute approximate surface area is 151 Å². The van der Waals surface area contributed by atoms with Crippen LogP contribution in [0, 0.1) is 17.6 Å². The molecule has 1 atom stereocenters. The first-order valence-corrected chi connectivity index (χ1v) is 8.87. The molecule has 1 saturated carbocycles. The average Bonchev–Trinajstić information content (AvgIpc) is 3.43. The van der Waals surface area contributed by atoms with Crippen molar-refractivity contribution in [3.05, 3.63) is 53.3 Å². The second kappa shape index (κ2) is 8.34. The number of hydrogen-bond donors (Lipinski definition) is 1. The minimum atomic E-state index is -0.971. The summed E-state index contributed by atoms with van der Waals surface area (Å²) in [5, 5.41) is 8.57. The van der Waals surface area contributed by atoms with E-state index in [0.717, 1.165) is 5.76 Å². The molecule has 1 aromatic rings. The van der Waals surface area contributed by atoms with Gasteiger partial charge < -0.3 is 14.6 Å². The van der Waals surface area contributed by atoms with E-state index in [-0.39, 0.29) is 25.4 Å². The van der Waals surface area contributed by atoms with Gasteiger partial charge in [0.2, 0.25) is 0 Å². The lowest BCUT2D eigenvalue weighted by Crippen LogP contribution is -2.07. The fraction of sp³-hybridized carbons (Fsp3) is 0.450. The molecule has 0 aromatic heterocycles.